The molecule has 1 aromatic rings. The number of thiocarbonyl (C=S) groups is 1. The average Bonchev–Trinajstić information content (AvgIpc) is 3.41. The van der Waals surface area contributed by atoms with Crippen LogP contribution < -0.4 is 25.0 Å². The number of rotatable bonds is 6. The normalized spacial score (nSPS) is 22.5. The summed E-state index contributed by atoms with van der Waals surface area (Å²) in [6.45, 7) is 5.32. The highest BCUT2D eigenvalue weighted by Crippen LogP contribution is 2.33. The molecule has 1 aliphatic carbocycles. The number of quaternary nitrogens is 1. The van der Waals surface area contributed by atoms with Gasteiger partial charge in [-0.2, -0.15) is 0 Å². The van der Waals surface area contributed by atoms with E-state index in [0.717, 1.165) is 42.7 Å². The Morgan fingerprint density at radius 1 is 1.25 bits per heavy atom. The number of ether oxygens (including phenoxy) is 2. The summed E-state index contributed by atoms with van der Waals surface area (Å²) in [6, 6.07) is 5.24. The van der Waals surface area contributed by atoms with Gasteiger partial charge in [0.05, 0.1) is 33.9 Å². The molecule has 24 heavy (non-hydrogen) atoms. The molecule has 0 bridgehead atoms. The van der Waals surface area contributed by atoms with E-state index in [4.69, 9.17) is 21.7 Å². The molecule has 5 nitrogen and oxygen atoms in total. The van der Waals surface area contributed by atoms with Crippen LogP contribution in [0.3, 0.4) is 0 Å². The second-order valence-electron chi connectivity index (χ2n) is 6.60. The Labute approximate surface area is 149 Å². The fourth-order valence-corrected chi connectivity index (χ4v) is 3.75. The average molecular weight is 351 g/mol. The van der Waals surface area contributed by atoms with Gasteiger partial charge in [-0.3, -0.25) is 0 Å². The maximum Gasteiger partial charge on any atom is 0.166 e. The summed E-state index contributed by atoms with van der Waals surface area (Å²) in [6.07, 6.45) is 3.54. The van der Waals surface area contributed by atoms with Crippen LogP contribution in [0.4, 0.5) is 0 Å². The second-order valence-corrected chi connectivity index (χ2v) is 7.01. The molecule has 0 spiro atoms. The first kappa shape index (κ1) is 17.3. The molecule has 1 unspecified atom stereocenters. The first-order valence-electron chi connectivity index (χ1n) is 8.80. The predicted octanol–water partition coefficient (Wildman–Crippen LogP) is 0.832. The van der Waals surface area contributed by atoms with E-state index in [9.17, 15) is 0 Å². The zero-order valence-corrected chi connectivity index (χ0v) is 15.6. The first-order valence-corrected chi connectivity index (χ1v) is 9.20. The van der Waals surface area contributed by atoms with Crippen molar-refractivity contribution in [2.75, 3.05) is 33.9 Å². The van der Waals surface area contributed by atoms with Crippen LogP contribution in [0.1, 0.15) is 36.9 Å². The number of likely N-dealkylation sites (N-methyl/N-ethyl adjacent to an activating group) is 1. The molecule has 1 aromatic carbocycles. The van der Waals surface area contributed by atoms with Crippen molar-refractivity contribution in [2.45, 2.75) is 38.3 Å². The molecule has 1 fully saturated rings. The Morgan fingerprint density at radius 3 is 2.58 bits per heavy atom. The number of nitrogens with one attached hydrogen (secondary N) is 3. The fraction of sp³-hybridized carbons (Fsp3) is 0.611. The Bertz CT molecular complexity index is 604. The molecule has 2 atom stereocenters. The molecule has 1 aliphatic heterocycles. The maximum absolute atomic E-state index is 5.51. The number of methoxy groups -OCH3 is 2. The summed E-state index contributed by atoms with van der Waals surface area (Å²) in [5.74, 6) is 1.62. The van der Waals surface area contributed by atoms with Crippen LogP contribution in [0, 0.1) is 0 Å². The summed E-state index contributed by atoms with van der Waals surface area (Å²) >= 11 is 5.42. The van der Waals surface area contributed by atoms with Crippen LogP contribution in [-0.4, -0.2) is 45.0 Å². The van der Waals surface area contributed by atoms with Gasteiger partial charge in [-0.15, -0.1) is 0 Å². The monoisotopic (exact) mass is 350 g/mol. The summed E-state index contributed by atoms with van der Waals surface area (Å²) in [4.78, 5) is 1.58. The van der Waals surface area contributed by atoms with Crippen molar-refractivity contribution in [2.24, 2.45) is 0 Å². The van der Waals surface area contributed by atoms with Gasteiger partial charge in [0, 0.05) is 18.0 Å². The van der Waals surface area contributed by atoms with Crippen molar-refractivity contribution < 1.29 is 14.4 Å². The smallest absolute Gasteiger partial charge is 0.166 e. The third-order valence-electron chi connectivity index (χ3n) is 5.06. The van der Waals surface area contributed by atoms with Gasteiger partial charge in [-0.05, 0) is 49.7 Å². The maximum atomic E-state index is 5.51. The van der Waals surface area contributed by atoms with Crippen LogP contribution in [0.15, 0.2) is 12.1 Å². The van der Waals surface area contributed by atoms with Gasteiger partial charge in [0.2, 0.25) is 0 Å². The summed E-state index contributed by atoms with van der Waals surface area (Å²) in [5.41, 5.74) is 2.70. The van der Waals surface area contributed by atoms with Gasteiger partial charge in [-0.25, -0.2) is 0 Å². The highest BCUT2D eigenvalue weighted by atomic mass is 32.1. The van der Waals surface area contributed by atoms with Gasteiger partial charge < -0.3 is 25.0 Å². The van der Waals surface area contributed by atoms with Crippen LogP contribution >= 0.6 is 12.2 Å². The number of benzene rings is 1. The van der Waals surface area contributed by atoms with Crippen LogP contribution in [0.5, 0.6) is 11.5 Å². The van der Waals surface area contributed by atoms with Crippen LogP contribution in [0.2, 0.25) is 0 Å². The largest absolute Gasteiger partial charge is 0.493 e. The molecule has 132 valence electrons. The van der Waals surface area contributed by atoms with E-state index < -0.39 is 0 Å². The van der Waals surface area contributed by atoms with E-state index >= 15 is 0 Å². The minimum atomic E-state index is 0.373. The number of hydrogen-bond donors (Lipinski definition) is 3. The van der Waals surface area contributed by atoms with Crippen LogP contribution in [-0.2, 0) is 6.42 Å². The van der Waals surface area contributed by atoms with Gasteiger partial charge in [0.1, 0.15) is 6.04 Å². The van der Waals surface area contributed by atoms with Gasteiger partial charge in [-0.1, -0.05) is 0 Å². The van der Waals surface area contributed by atoms with Crippen molar-refractivity contribution in [3.8, 4) is 11.5 Å². The highest BCUT2D eigenvalue weighted by molar-refractivity contribution is 7.80. The molecular weight excluding hydrogens is 322 g/mol. The Hall–Kier alpha value is -1.53. The molecule has 6 heteroatoms. The van der Waals surface area contributed by atoms with E-state index in [1.54, 1.807) is 19.1 Å². The van der Waals surface area contributed by atoms with E-state index in [2.05, 4.69) is 29.7 Å². The predicted molar refractivity (Wildman–Crippen MR) is 99.1 cm³/mol. The lowest BCUT2D eigenvalue weighted by molar-refractivity contribution is -0.930. The van der Waals surface area contributed by atoms with E-state index in [1.807, 2.05) is 0 Å². The highest BCUT2D eigenvalue weighted by Gasteiger charge is 2.32. The molecule has 3 rings (SSSR count). The second kappa shape index (κ2) is 7.57. The lowest BCUT2D eigenvalue weighted by atomic mass is 9.91. The summed E-state index contributed by atoms with van der Waals surface area (Å²) < 4.78 is 11.0. The zero-order chi connectivity index (χ0) is 17.1. The molecule has 0 radical (unpaired) electrons. The molecule has 0 saturated heterocycles. The quantitative estimate of drug-likeness (QED) is 0.664. The van der Waals surface area contributed by atoms with E-state index in [-0.39, 0.29) is 0 Å². The van der Waals surface area contributed by atoms with E-state index in [0.29, 0.717) is 12.1 Å². The van der Waals surface area contributed by atoms with Crippen molar-refractivity contribution in [1.29, 1.82) is 0 Å². The molecule has 1 heterocycles. The molecule has 0 amide bonds. The van der Waals surface area contributed by atoms with Gasteiger partial charge in [0.15, 0.2) is 16.6 Å². The lowest BCUT2D eigenvalue weighted by Crippen LogP contribution is -3.13. The molecule has 3 N–H and O–H groups in total. The molecule has 2 aliphatic rings. The SMILES string of the molecule is CC[NH+]1CCc2cc(OC)c(OC)cc2[C@H]1CNC(=S)NC1CC1. The first-order chi connectivity index (χ1) is 11.7. The van der Waals surface area contributed by atoms with E-state index in [1.165, 1.54) is 24.0 Å². The molecular formula is C18H28N3O2S+. The Kier molecular flexibility index (Phi) is 5.46. The van der Waals surface area contributed by atoms with Gasteiger partial charge >= 0.3 is 0 Å². The van der Waals surface area contributed by atoms with Crippen molar-refractivity contribution in [1.82, 2.24) is 10.6 Å². The number of hydrogen-bond acceptors (Lipinski definition) is 3. The lowest BCUT2D eigenvalue weighted by Gasteiger charge is -2.34. The zero-order valence-electron chi connectivity index (χ0n) is 14.8. The standard InChI is InChI=1S/C18H27N3O2S/c1-4-21-8-7-12-9-16(22-2)17(23-3)10-14(12)15(21)11-19-18(24)20-13-5-6-13/h9-10,13,15H,4-8,11H2,1-3H3,(H2,19,20,24)/p+1/t15-/m1/s1. The van der Waals surface area contributed by atoms with Crippen molar-refractivity contribution in [3.05, 3.63) is 23.3 Å². The topological polar surface area (TPSA) is 47.0 Å². The summed E-state index contributed by atoms with van der Waals surface area (Å²) in [7, 11) is 3.39. The Morgan fingerprint density at radius 2 is 1.96 bits per heavy atom. The Balaban J connectivity index is 1.79. The van der Waals surface area contributed by atoms with Crippen LogP contribution in [0.25, 0.3) is 0 Å². The minimum Gasteiger partial charge on any atom is -0.493 e. The molecule has 1 saturated carbocycles. The third-order valence-corrected chi connectivity index (χ3v) is 5.32. The number of fused-ring (bicyclic) bond motifs is 1. The third kappa shape index (κ3) is 3.75. The summed E-state index contributed by atoms with van der Waals surface area (Å²) in [5, 5.41) is 7.56. The fourth-order valence-electron chi connectivity index (χ4n) is 3.50. The van der Waals surface area contributed by atoms with Crippen molar-refractivity contribution >= 4 is 17.3 Å². The van der Waals surface area contributed by atoms with Gasteiger partial charge in [0.25, 0.3) is 0 Å². The minimum absolute atomic E-state index is 0.373. The molecule has 0 aromatic heterocycles. The van der Waals surface area contributed by atoms with Crippen molar-refractivity contribution in [3.63, 3.8) is 0 Å².